The average molecular weight is 416 g/mol. The standard InChI is InChI=1S/C22H41NO6/c1-4-5-6-7-8-9-10-11-12-13-14-23-19(15-28-17(2)24)21(26)22(27)20(23)16-29-18(3)25/h19-22,26-27H,4-16H2,1-3H3/t19-,20-,21+,22+/m1/s1. The number of unbranched alkanes of at least 4 members (excludes halogenated alkanes) is 9. The van der Waals surface area contributed by atoms with Crippen LogP contribution in [0.2, 0.25) is 0 Å². The molecule has 0 unspecified atom stereocenters. The molecule has 0 bridgehead atoms. The smallest absolute Gasteiger partial charge is 0.302 e. The maximum Gasteiger partial charge on any atom is 0.302 e. The summed E-state index contributed by atoms with van der Waals surface area (Å²) >= 11 is 0. The molecular formula is C22H41NO6. The van der Waals surface area contributed by atoms with Crippen molar-refractivity contribution in [2.75, 3.05) is 19.8 Å². The normalized spacial score (nSPS) is 24.6. The SMILES string of the molecule is CCCCCCCCCCCCN1[C@H](COC(C)=O)[C@H](O)[C@@H](O)[C@H]1COC(C)=O. The quantitative estimate of drug-likeness (QED) is 0.314. The van der Waals surface area contributed by atoms with Gasteiger partial charge in [-0.15, -0.1) is 0 Å². The molecule has 7 nitrogen and oxygen atoms in total. The van der Waals surface area contributed by atoms with Crippen molar-refractivity contribution in [2.45, 2.75) is 109 Å². The molecular weight excluding hydrogens is 374 g/mol. The fourth-order valence-corrected chi connectivity index (χ4v) is 4.00. The number of carbonyl (C=O) groups excluding carboxylic acids is 2. The van der Waals surface area contributed by atoms with Crippen molar-refractivity contribution in [1.29, 1.82) is 0 Å². The van der Waals surface area contributed by atoms with Crippen LogP contribution < -0.4 is 0 Å². The first-order valence-corrected chi connectivity index (χ1v) is 11.3. The van der Waals surface area contributed by atoms with Gasteiger partial charge >= 0.3 is 11.9 Å². The van der Waals surface area contributed by atoms with Crippen LogP contribution in [0.15, 0.2) is 0 Å². The van der Waals surface area contributed by atoms with E-state index in [1.54, 1.807) is 0 Å². The maximum absolute atomic E-state index is 11.2. The third kappa shape index (κ3) is 9.92. The van der Waals surface area contributed by atoms with Crippen LogP contribution in [0, 0.1) is 0 Å². The second-order valence-electron chi connectivity index (χ2n) is 8.14. The predicted octanol–water partition coefficient (Wildman–Crippen LogP) is 2.81. The summed E-state index contributed by atoms with van der Waals surface area (Å²) in [5, 5.41) is 20.8. The van der Waals surface area contributed by atoms with Crippen LogP contribution >= 0.6 is 0 Å². The van der Waals surface area contributed by atoms with E-state index in [0.717, 1.165) is 19.3 Å². The van der Waals surface area contributed by atoms with E-state index < -0.39 is 36.2 Å². The fraction of sp³-hybridized carbons (Fsp3) is 0.909. The lowest BCUT2D eigenvalue weighted by atomic mass is 10.1. The van der Waals surface area contributed by atoms with Crippen LogP contribution in [0.1, 0.15) is 85.0 Å². The van der Waals surface area contributed by atoms with Crippen molar-refractivity contribution < 1.29 is 29.3 Å². The number of hydrogen-bond donors (Lipinski definition) is 2. The minimum Gasteiger partial charge on any atom is -0.464 e. The molecule has 1 rings (SSSR count). The Labute approximate surface area is 175 Å². The predicted molar refractivity (Wildman–Crippen MR) is 111 cm³/mol. The summed E-state index contributed by atoms with van der Waals surface area (Å²) in [7, 11) is 0. The van der Waals surface area contributed by atoms with Gasteiger partial charge in [-0.1, -0.05) is 64.7 Å². The Morgan fingerprint density at radius 2 is 1.10 bits per heavy atom. The molecule has 1 aliphatic rings. The lowest BCUT2D eigenvalue weighted by Crippen LogP contribution is -2.44. The Morgan fingerprint density at radius 3 is 1.48 bits per heavy atom. The highest BCUT2D eigenvalue weighted by molar-refractivity contribution is 5.66. The van der Waals surface area contributed by atoms with Gasteiger partial charge in [0, 0.05) is 13.8 Å². The van der Waals surface area contributed by atoms with Crippen molar-refractivity contribution >= 4 is 11.9 Å². The molecule has 0 spiro atoms. The second kappa shape index (κ2) is 14.7. The highest BCUT2D eigenvalue weighted by atomic mass is 16.5. The van der Waals surface area contributed by atoms with Crippen LogP contribution in [0.5, 0.6) is 0 Å². The van der Waals surface area contributed by atoms with Gasteiger partial charge < -0.3 is 19.7 Å². The van der Waals surface area contributed by atoms with Crippen LogP contribution in [0.3, 0.4) is 0 Å². The summed E-state index contributed by atoms with van der Waals surface area (Å²) in [6, 6.07) is -0.985. The molecule has 0 aliphatic carbocycles. The van der Waals surface area contributed by atoms with Gasteiger partial charge in [0.15, 0.2) is 0 Å². The number of aliphatic hydroxyl groups excluding tert-OH is 2. The van der Waals surface area contributed by atoms with E-state index in [4.69, 9.17) is 9.47 Å². The number of hydrogen-bond acceptors (Lipinski definition) is 7. The van der Waals surface area contributed by atoms with Crippen LogP contribution in [0.25, 0.3) is 0 Å². The molecule has 0 saturated carbocycles. The molecule has 2 N–H and O–H groups in total. The van der Waals surface area contributed by atoms with Gasteiger partial charge in [0.1, 0.15) is 25.4 Å². The lowest BCUT2D eigenvalue weighted by molar-refractivity contribution is -0.143. The first kappa shape index (κ1) is 25.9. The Hall–Kier alpha value is -1.18. The van der Waals surface area contributed by atoms with E-state index in [-0.39, 0.29) is 13.2 Å². The minimum atomic E-state index is -1.04. The summed E-state index contributed by atoms with van der Waals surface area (Å²) in [5.74, 6) is -0.844. The topological polar surface area (TPSA) is 96.3 Å². The number of likely N-dealkylation sites (tertiary alicyclic amines) is 1. The Morgan fingerprint density at radius 1 is 0.724 bits per heavy atom. The largest absolute Gasteiger partial charge is 0.464 e. The molecule has 0 radical (unpaired) electrons. The first-order chi connectivity index (χ1) is 13.9. The van der Waals surface area contributed by atoms with Crippen molar-refractivity contribution in [3.05, 3.63) is 0 Å². The Kier molecular flexibility index (Phi) is 13.1. The van der Waals surface area contributed by atoms with Gasteiger partial charge in [0.25, 0.3) is 0 Å². The Bertz CT molecular complexity index is 442. The molecule has 0 amide bonds. The van der Waals surface area contributed by atoms with Crippen LogP contribution in [0.4, 0.5) is 0 Å². The Balaban J connectivity index is 2.43. The molecule has 1 saturated heterocycles. The molecule has 1 fully saturated rings. The van der Waals surface area contributed by atoms with E-state index in [1.165, 1.54) is 58.8 Å². The third-order valence-corrected chi connectivity index (χ3v) is 5.67. The number of ether oxygens (including phenoxy) is 2. The van der Waals surface area contributed by atoms with E-state index in [2.05, 4.69) is 6.92 Å². The van der Waals surface area contributed by atoms with Crippen molar-refractivity contribution in [3.63, 3.8) is 0 Å². The molecule has 7 heteroatoms. The van der Waals surface area contributed by atoms with E-state index in [9.17, 15) is 19.8 Å². The lowest BCUT2D eigenvalue weighted by Gasteiger charge is -2.29. The summed E-state index contributed by atoms with van der Waals surface area (Å²) < 4.78 is 10.2. The zero-order valence-corrected chi connectivity index (χ0v) is 18.5. The summed E-state index contributed by atoms with van der Waals surface area (Å²) in [4.78, 5) is 24.3. The molecule has 1 heterocycles. The summed E-state index contributed by atoms with van der Waals surface area (Å²) in [6.07, 6.45) is 10.1. The molecule has 29 heavy (non-hydrogen) atoms. The zero-order chi connectivity index (χ0) is 21.6. The number of rotatable bonds is 15. The van der Waals surface area contributed by atoms with Gasteiger partial charge in [-0.2, -0.15) is 0 Å². The maximum atomic E-state index is 11.2. The van der Waals surface area contributed by atoms with Crippen molar-refractivity contribution in [3.8, 4) is 0 Å². The zero-order valence-electron chi connectivity index (χ0n) is 18.5. The van der Waals surface area contributed by atoms with Gasteiger partial charge in [-0.3, -0.25) is 14.5 Å². The summed E-state index contributed by atoms with van der Waals surface area (Å²) in [6.45, 7) is 5.56. The third-order valence-electron chi connectivity index (χ3n) is 5.67. The number of nitrogens with zero attached hydrogens (tertiary/aromatic N) is 1. The molecule has 170 valence electrons. The van der Waals surface area contributed by atoms with Crippen LogP contribution in [-0.2, 0) is 19.1 Å². The van der Waals surface area contributed by atoms with Gasteiger partial charge in [-0.25, -0.2) is 0 Å². The van der Waals surface area contributed by atoms with E-state index in [0.29, 0.717) is 6.54 Å². The molecule has 4 atom stereocenters. The highest BCUT2D eigenvalue weighted by Crippen LogP contribution is 2.27. The number of carbonyl (C=O) groups is 2. The van der Waals surface area contributed by atoms with Crippen LogP contribution in [-0.4, -0.2) is 71.1 Å². The van der Waals surface area contributed by atoms with E-state index >= 15 is 0 Å². The number of aliphatic hydroxyl groups is 2. The minimum absolute atomic E-state index is 0.0158. The second-order valence-corrected chi connectivity index (χ2v) is 8.14. The number of esters is 2. The van der Waals surface area contributed by atoms with Crippen molar-refractivity contribution in [2.24, 2.45) is 0 Å². The van der Waals surface area contributed by atoms with Crippen molar-refractivity contribution in [1.82, 2.24) is 4.90 Å². The van der Waals surface area contributed by atoms with E-state index in [1.807, 2.05) is 4.90 Å². The average Bonchev–Trinajstić information content (AvgIpc) is 2.89. The molecule has 0 aromatic carbocycles. The van der Waals surface area contributed by atoms with Gasteiger partial charge in [0.2, 0.25) is 0 Å². The molecule has 1 aliphatic heterocycles. The summed E-state index contributed by atoms with van der Waals surface area (Å²) in [5.41, 5.74) is 0. The molecule has 0 aromatic heterocycles. The highest BCUT2D eigenvalue weighted by Gasteiger charge is 2.48. The van der Waals surface area contributed by atoms with Gasteiger partial charge in [0.05, 0.1) is 12.1 Å². The monoisotopic (exact) mass is 415 g/mol. The first-order valence-electron chi connectivity index (χ1n) is 11.3. The fourth-order valence-electron chi connectivity index (χ4n) is 4.00. The van der Waals surface area contributed by atoms with Gasteiger partial charge in [-0.05, 0) is 13.0 Å². The molecule has 0 aromatic rings.